The zero-order valence-electron chi connectivity index (χ0n) is 11.1. The minimum absolute atomic E-state index is 0.208. The van der Waals surface area contributed by atoms with Gasteiger partial charge in [-0.2, -0.15) is 4.98 Å². The van der Waals surface area contributed by atoms with E-state index in [0.29, 0.717) is 21.5 Å². The van der Waals surface area contributed by atoms with Crippen LogP contribution in [0.15, 0.2) is 42.5 Å². The van der Waals surface area contributed by atoms with Crippen molar-refractivity contribution in [3.05, 3.63) is 52.6 Å². The van der Waals surface area contributed by atoms with E-state index in [1.165, 1.54) is 0 Å². The van der Waals surface area contributed by atoms with Crippen LogP contribution in [0.5, 0.6) is 5.75 Å². The summed E-state index contributed by atoms with van der Waals surface area (Å²) in [7, 11) is 1.83. The Kier molecular flexibility index (Phi) is 3.57. The van der Waals surface area contributed by atoms with Gasteiger partial charge in [0.25, 0.3) is 0 Å². The first kappa shape index (κ1) is 13.9. The first-order valence-electron chi connectivity index (χ1n) is 6.20. The number of hydrogen-bond donors (Lipinski definition) is 1. The highest BCUT2D eigenvalue weighted by Crippen LogP contribution is 2.28. The van der Waals surface area contributed by atoms with Gasteiger partial charge in [0.1, 0.15) is 10.9 Å². The molecule has 0 spiro atoms. The molecule has 2 aromatic carbocycles. The molecule has 106 valence electrons. The van der Waals surface area contributed by atoms with Crippen molar-refractivity contribution in [2.45, 2.75) is 0 Å². The summed E-state index contributed by atoms with van der Waals surface area (Å²) < 4.78 is 0. The van der Waals surface area contributed by atoms with Gasteiger partial charge in [-0.3, -0.25) is 0 Å². The number of fused-ring (bicyclic) bond motifs is 1. The Hall–Kier alpha value is -2.04. The van der Waals surface area contributed by atoms with Crippen molar-refractivity contribution in [3.8, 4) is 5.75 Å². The van der Waals surface area contributed by atoms with Crippen molar-refractivity contribution in [1.29, 1.82) is 0 Å². The van der Waals surface area contributed by atoms with Crippen LogP contribution in [-0.4, -0.2) is 22.1 Å². The first-order chi connectivity index (χ1) is 10.0. The van der Waals surface area contributed by atoms with Gasteiger partial charge in [-0.05, 0) is 42.5 Å². The number of nitrogens with zero attached hydrogens (tertiary/aromatic N) is 3. The lowest BCUT2D eigenvalue weighted by molar-refractivity contribution is 0.475. The van der Waals surface area contributed by atoms with E-state index in [1.54, 1.807) is 47.4 Å². The number of aromatic nitrogens is 2. The van der Waals surface area contributed by atoms with Crippen molar-refractivity contribution < 1.29 is 5.11 Å². The predicted octanol–water partition coefficient (Wildman–Crippen LogP) is 4.41. The summed E-state index contributed by atoms with van der Waals surface area (Å²) in [5.41, 5.74) is 1.57. The fourth-order valence-corrected chi connectivity index (χ4v) is 2.39. The lowest BCUT2D eigenvalue weighted by Gasteiger charge is -2.18. The predicted molar refractivity (Wildman–Crippen MR) is 85.7 cm³/mol. The number of halogens is 2. The van der Waals surface area contributed by atoms with Crippen LogP contribution in [0.4, 0.5) is 11.6 Å². The standard InChI is InChI=1S/C15H11Cl2N3O/c1-20(10-3-5-11(21)6-4-10)15-18-13-7-2-9(16)8-12(13)14(17)19-15/h2-8,21H,1H3. The summed E-state index contributed by atoms with van der Waals surface area (Å²) in [5.74, 6) is 0.680. The largest absolute Gasteiger partial charge is 0.508 e. The van der Waals surface area contributed by atoms with Crippen molar-refractivity contribution in [2.24, 2.45) is 0 Å². The van der Waals surface area contributed by atoms with E-state index in [4.69, 9.17) is 23.2 Å². The maximum Gasteiger partial charge on any atom is 0.231 e. The van der Waals surface area contributed by atoms with E-state index in [0.717, 1.165) is 11.2 Å². The lowest BCUT2D eigenvalue weighted by Crippen LogP contribution is -2.13. The summed E-state index contributed by atoms with van der Waals surface area (Å²) in [5, 5.41) is 11.0. The van der Waals surface area contributed by atoms with Gasteiger partial charge < -0.3 is 10.0 Å². The van der Waals surface area contributed by atoms with Crippen molar-refractivity contribution in [3.63, 3.8) is 0 Å². The van der Waals surface area contributed by atoms with Crippen LogP contribution in [0.25, 0.3) is 10.9 Å². The highest BCUT2D eigenvalue weighted by atomic mass is 35.5. The van der Waals surface area contributed by atoms with E-state index in [9.17, 15) is 5.11 Å². The monoisotopic (exact) mass is 319 g/mol. The third-order valence-electron chi connectivity index (χ3n) is 3.14. The molecule has 0 atom stereocenters. The van der Waals surface area contributed by atoms with Gasteiger partial charge in [-0.15, -0.1) is 0 Å². The molecule has 0 amide bonds. The van der Waals surface area contributed by atoms with Crippen LogP contribution in [0.3, 0.4) is 0 Å². The molecule has 3 aromatic rings. The Bertz CT molecular complexity index is 806. The molecule has 0 radical (unpaired) electrons. The van der Waals surface area contributed by atoms with Gasteiger partial charge in [0.2, 0.25) is 5.95 Å². The number of phenolic OH excluding ortho intramolecular Hbond substituents is 1. The van der Waals surface area contributed by atoms with Gasteiger partial charge in [0.05, 0.1) is 5.52 Å². The summed E-state index contributed by atoms with van der Waals surface area (Å²) in [6.45, 7) is 0. The molecule has 3 rings (SSSR count). The van der Waals surface area contributed by atoms with Crippen molar-refractivity contribution in [2.75, 3.05) is 11.9 Å². The highest BCUT2D eigenvalue weighted by Gasteiger charge is 2.11. The average Bonchev–Trinajstić information content (AvgIpc) is 2.48. The molecule has 1 heterocycles. The topological polar surface area (TPSA) is 49.2 Å². The molecule has 4 nitrogen and oxygen atoms in total. The molecule has 0 fully saturated rings. The Morgan fingerprint density at radius 3 is 2.43 bits per heavy atom. The molecular formula is C15H11Cl2N3O. The average molecular weight is 320 g/mol. The number of hydrogen-bond acceptors (Lipinski definition) is 4. The van der Waals surface area contributed by atoms with Crippen LogP contribution in [-0.2, 0) is 0 Å². The molecule has 1 N–H and O–H groups in total. The van der Waals surface area contributed by atoms with Gasteiger partial charge in [0, 0.05) is 23.1 Å². The fraction of sp³-hybridized carbons (Fsp3) is 0.0667. The normalized spacial score (nSPS) is 10.8. The number of aromatic hydroxyl groups is 1. The third-order valence-corrected chi connectivity index (χ3v) is 3.66. The fourth-order valence-electron chi connectivity index (χ4n) is 1.99. The van der Waals surface area contributed by atoms with Crippen LogP contribution >= 0.6 is 23.2 Å². The number of benzene rings is 2. The van der Waals surface area contributed by atoms with Crippen LogP contribution in [0.1, 0.15) is 0 Å². The Morgan fingerprint density at radius 1 is 1.00 bits per heavy atom. The summed E-state index contributed by atoms with van der Waals surface area (Å²) >= 11 is 12.2. The van der Waals surface area contributed by atoms with Gasteiger partial charge in [-0.1, -0.05) is 23.2 Å². The second-order valence-electron chi connectivity index (χ2n) is 4.55. The van der Waals surface area contributed by atoms with Gasteiger partial charge >= 0.3 is 0 Å². The molecule has 0 saturated carbocycles. The first-order valence-corrected chi connectivity index (χ1v) is 6.96. The van der Waals surface area contributed by atoms with E-state index in [-0.39, 0.29) is 5.75 Å². The van der Waals surface area contributed by atoms with Gasteiger partial charge in [0.15, 0.2) is 0 Å². The Balaban J connectivity index is 2.08. The van der Waals surface area contributed by atoms with Crippen molar-refractivity contribution in [1.82, 2.24) is 9.97 Å². The quantitative estimate of drug-likeness (QED) is 0.711. The second-order valence-corrected chi connectivity index (χ2v) is 5.35. The van der Waals surface area contributed by atoms with Crippen LogP contribution < -0.4 is 4.90 Å². The van der Waals surface area contributed by atoms with E-state index >= 15 is 0 Å². The minimum atomic E-state index is 0.208. The van der Waals surface area contributed by atoms with Gasteiger partial charge in [-0.25, -0.2) is 4.98 Å². The van der Waals surface area contributed by atoms with E-state index in [1.807, 2.05) is 7.05 Å². The number of anilines is 2. The Morgan fingerprint density at radius 2 is 1.71 bits per heavy atom. The SMILES string of the molecule is CN(c1ccc(O)cc1)c1nc(Cl)c2cc(Cl)ccc2n1. The number of phenols is 1. The summed E-state index contributed by atoms with van der Waals surface area (Å²) in [6.07, 6.45) is 0. The summed E-state index contributed by atoms with van der Waals surface area (Å²) in [4.78, 5) is 10.6. The third kappa shape index (κ3) is 2.73. The molecule has 0 unspecified atom stereocenters. The molecule has 21 heavy (non-hydrogen) atoms. The highest BCUT2D eigenvalue weighted by molar-refractivity contribution is 6.35. The molecule has 6 heteroatoms. The smallest absolute Gasteiger partial charge is 0.231 e. The summed E-state index contributed by atoms with van der Waals surface area (Å²) in [6, 6.07) is 12.1. The zero-order chi connectivity index (χ0) is 15.0. The molecule has 0 aliphatic carbocycles. The molecular weight excluding hydrogens is 309 g/mol. The molecule has 0 bridgehead atoms. The van der Waals surface area contributed by atoms with Crippen molar-refractivity contribution >= 4 is 45.7 Å². The minimum Gasteiger partial charge on any atom is -0.508 e. The Labute approximate surface area is 131 Å². The molecule has 0 saturated heterocycles. The molecule has 0 aliphatic rings. The van der Waals surface area contributed by atoms with E-state index < -0.39 is 0 Å². The van der Waals surface area contributed by atoms with Crippen LogP contribution in [0, 0.1) is 0 Å². The maximum atomic E-state index is 9.34. The maximum absolute atomic E-state index is 9.34. The molecule has 1 aromatic heterocycles. The van der Waals surface area contributed by atoms with E-state index in [2.05, 4.69) is 9.97 Å². The molecule has 0 aliphatic heterocycles. The zero-order valence-corrected chi connectivity index (χ0v) is 12.6. The lowest BCUT2D eigenvalue weighted by atomic mass is 10.2. The van der Waals surface area contributed by atoms with Crippen LogP contribution in [0.2, 0.25) is 10.2 Å². The second kappa shape index (κ2) is 5.39. The number of rotatable bonds is 2.